The van der Waals surface area contributed by atoms with Gasteiger partial charge in [0.25, 0.3) is 0 Å². The first-order chi connectivity index (χ1) is 9.49. The van der Waals surface area contributed by atoms with E-state index in [9.17, 15) is 10.1 Å². The Bertz CT molecular complexity index is 669. The fourth-order valence-corrected chi connectivity index (χ4v) is 1.81. The van der Waals surface area contributed by atoms with Gasteiger partial charge in [-0.1, -0.05) is 15.9 Å². The van der Waals surface area contributed by atoms with Crippen LogP contribution >= 0.6 is 27.5 Å². The standard InChI is InChI=1S/C10H7BrClN5O3/c1-13-9-14-8(12)15-10(16-9)20-7-3-2-5(11)4-6(7)17(18)19/h2-4H,1H3,(H,13,14,15,16). The van der Waals surface area contributed by atoms with Crippen molar-refractivity contribution in [2.45, 2.75) is 0 Å². The second kappa shape index (κ2) is 5.97. The van der Waals surface area contributed by atoms with Crippen molar-refractivity contribution in [2.24, 2.45) is 0 Å². The average Bonchev–Trinajstić information content (AvgIpc) is 2.40. The van der Waals surface area contributed by atoms with Crippen LogP contribution < -0.4 is 10.1 Å². The topological polar surface area (TPSA) is 103 Å². The number of nitro benzene ring substituents is 1. The largest absolute Gasteiger partial charge is 0.417 e. The fourth-order valence-electron chi connectivity index (χ4n) is 1.31. The fraction of sp³-hybridized carbons (Fsp3) is 0.100. The van der Waals surface area contributed by atoms with Gasteiger partial charge in [0.05, 0.1) is 4.92 Å². The summed E-state index contributed by atoms with van der Waals surface area (Å²) in [7, 11) is 1.59. The maximum atomic E-state index is 11.0. The molecule has 8 nitrogen and oxygen atoms in total. The summed E-state index contributed by atoms with van der Waals surface area (Å²) in [5, 5.41) is 13.6. The van der Waals surface area contributed by atoms with E-state index in [1.807, 2.05) is 0 Å². The Balaban J connectivity index is 2.39. The molecular weight excluding hydrogens is 353 g/mol. The molecule has 0 spiro atoms. The summed E-state index contributed by atoms with van der Waals surface area (Å²) < 4.78 is 5.86. The van der Waals surface area contributed by atoms with Crippen molar-refractivity contribution in [2.75, 3.05) is 12.4 Å². The van der Waals surface area contributed by atoms with Gasteiger partial charge in [-0.2, -0.15) is 15.0 Å². The number of aromatic nitrogens is 3. The molecule has 0 atom stereocenters. The summed E-state index contributed by atoms with van der Waals surface area (Å²) >= 11 is 8.85. The minimum Gasteiger partial charge on any atom is -0.417 e. The van der Waals surface area contributed by atoms with Gasteiger partial charge in [-0.05, 0) is 23.7 Å². The highest BCUT2D eigenvalue weighted by molar-refractivity contribution is 9.10. The van der Waals surface area contributed by atoms with E-state index in [-0.39, 0.29) is 28.7 Å². The summed E-state index contributed by atoms with van der Waals surface area (Å²) in [6.45, 7) is 0. The number of hydrogen-bond donors (Lipinski definition) is 1. The van der Waals surface area contributed by atoms with Crippen molar-refractivity contribution in [1.29, 1.82) is 0 Å². The number of rotatable bonds is 4. The number of halogens is 2. The molecule has 0 saturated heterocycles. The monoisotopic (exact) mass is 359 g/mol. The number of ether oxygens (including phenoxy) is 1. The van der Waals surface area contributed by atoms with Gasteiger partial charge in [-0.25, -0.2) is 0 Å². The molecule has 0 aliphatic carbocycles. The van der Waals surface area contributed by atoms with Crippen LogP contribution in [0, 0.1) is 10.1 Å². The molecule has 104 valence electrons. The lowest BCUT2D eigenvalue weighted by atomic mass is 10.3. The molecule has 0 aliphatic rings. The van der Waals surface area contributed by atoms with Gasteiger partial charge in [0.1, 0.15) is 0 Å². The minimum absolute atomic E-state index is 0.00233. The van der Waals surface area contributed by atoms with Crippen LogP contribution in [0.5, 0.6) is 11.8 Å². The third kappa shape index (κ3) is 3.31. The van der Waals surface area contributed by atoms with Crippen LogP contribution in [0.1, 0.15) is 0 Å². The molecule has 1 heterocycles. The molecule has 0 unspecified atom stereocenters. The number of nitro groups is 1. The van der Waals surface area contributed by atoms with Crippen LogP contribution in [0.15, 0.2) is 22.7 Å². The third-order valence-corrected chi connectivity index (χ3v) is 2.79. The molecule has 2 aromatic rings. The van der Waals surface area contributed by atoms with Crippen molar-refractivity contribution in [3.05, 3.63) is 38.1 Å². The Kier molecular flexibility index (Phi) is 4.30. The van der Waals surface area contributed by atoms with Gasteiger partial charge in [0.2, 0.25) is 17.0 Å². The van der Waals surface area contributed by atoms with E-state index >= 15 is 0 Å². The molecule has 0 radical (unpaired) electrons. The maximum Gasteiger partial charge on any atom is 0.328 e. The summed E-state index contributed by atoms with van der Waals surface area (Å²) in [4.78, 5) is 21.8. The van der Waals surface area contributed by atoms with Crippen molar-refractivity contribution >= 4 is 39.2 Å². The quantitative estimate of drug-likeness (QED) is 0.660. The van der Waals surface area contributed by atoms with E-state index in [0.29, 0.717) is 4.47 Å². The van der Waals surface area contributed by atoms with Gasteiger partial charge in [-0.3, -0.25) is 10.1 Å². The smallest absolute Gasteiger partial charge is 0.328 e. The van der Waals surface area contributed by atoms with E-state index in [1.165, 1.54) is 12.1 Å². The van der Waals surface area contributed by atoms with Crippen LogP contribution in [-0.2, 0) is 0 Å². The predicted octanol–water partition coefficient (Wildman–Crippen LogP) is 3.03. The molecule has 0 aliphatic heterocycles. The molecule has 1 N–H and O–H groups in total. The van der Waals surface area contributed by atoms with Crippen molar-refractivity contribution in [3.63, 3.8) is 0 Å². The summed E-state index contributed by atoms with van der Waals surface area (Å²) in [6, 6.07) is 4.21. The van der Waals surface area contributed by atoms with Crippen LogP contribution in [0.3, 0.4) is 0 Å². The summed E-state index contributed by atoms with van der Waals surface area (Å²) in [5.74, 6) is 0.197. The normalized spacial score (nSPS) is 10.2. The van der Waals surface area contributed by atoms with Crippen molar-refractivity contribution in [1.82, 2.24) is 15.0 Å². The molecule has 1 aromatic carbocycles. The first-order valence-electron chi connectivity index (χ1n) is 5.20. The van der Waals surface area contributed by atoms with Crippen molar-refractivity contribution in [3.8, 4) is 11.8 Å². The van der Waals surface area contributed by atoms with E-state index in [4.69, 9.17) is 16.3 Å². The third-order valence-electron chi connectivity index (χ3n) is 2.13. The lowest BCUT2D eigenvalue weighted by Crippen LogP contribution is -2.02. The van der Waals surface area contributed by atoms with E-state index in [1.54, 1.807) is 13.1 Å². The Morgan fingerprint density at radius 1 is 1.40 bits per heavy atom. The maximum absolute atomic E-state index is 11.0. The minimum atomic E-state index is -0.568. The van der Waals surface area contributed by atoms with Crippen LogP contribution in [-0.4, -0.2) is 26.9 Å². The zero-order chi connectivity index (χ0) is 14.7. The highest BCUT2D eigenvalue weighted by Gasteiger charge is 2.18. The first-order valence-corrected chi connectivity index (χ1v) is 6.38. The number of anilines is 1. The van der Waals surface area contributed by atoms with Crippen LogP contribution in [0.4, 0.5) is 11.6 Å². The number of nitrogens with zero attached hydrogens (tertiary/aromatic N) is 4. The molecule has 2 rings (SSSR count). The first kappa shape index (κ1) is 14.4. The number of nitrogens with one attached hydrogen (secondary N) is 1. The Morgan fingerprint density at radius 2 is 2.15 bits per heavy atom. The average molecular weight is 361 g/mol. The van der Waals surface area contributed by atoms with Crippen LogP contribution in [0.25, 0.3) is 0 Å². The lowest BCUT2D eigenvalue weighted by molar-refractivity contribution is -0.385. The van der Waals surface area contributed by atoms with E-state index in [0.717, 1.165) is 0 Å². The Morgan fingerprint density at radius 3 is 2.80 bits per heavy atom. The molecule has 0 saturated carbocycles. The molecule has 20 heavy (non-hydrogen) atoms. The second-order valence-electron chi connectivity index (χ2n) is 3.43. The van der Waals surface area contributed by atoms with Gasteiger partial charge in [0, 0.05) is 17.6 Å². The summed E-state index contributed by atoms with van der Waals surface area (Å²) in [5.41, 5.74) is -0.220. The summed E-state index contributed by atoms with van der Waals surface area (Å²) in [6.07, 6.45) is 0. The van der Waals surface area contributed by atoms with Gasteiger partial charge < -0.3 is 10.1 Å². The second-order valence-corrected chi connectivity index (χ2v) is 4.69. The van der Waals surface area contributed by atoms with Crippen molar-refractivity contribution < 1.29 is 9.66 Å². The molecule has 0 bridgehead atoms. The molecular formula is C10H7BrClN5O3. The number of benzene rings is 1. The van der Waals surface area contributed by atoms with Gasteiger partial charge >= 0.3 is 11.7 Å². The zero-order valence-electron chi connectivity index (χ0n) is 10.0. The highest BCUT2D eigenvalue weighted by atomic mass is 79.9. The van der Waals surface area contributed by atoms with Gasteiger partial charge in [-0.15, -0.1) is 0 Å². The van der Waals surface area contributed by atoms with Crippen LogP contribution in [0.2, 0.25) is 5.28 Å². The van der Waals surface area contributed by atoms with Gasteiger partial charge in [0.15, 0.2) is 0 Å². The SMILES string of the molecule is CNc1nc(Cl)nc(Oc2ccc(Br)cc2[N+](=O)[O-])n1. The van der Waals surface area contributed by atoms with E-state index in [2.05, 4.69) is 36.2 Å². The lowest BCUT2D eigenvalue weighted by Gasteiger charge is -2.06. The highest BCUT2D eigenvalue weighted by Crippen LogP contribution is 2.32. The molecule has 10 heteroatoms. The van der Waals surface area contributed by atoms with E-state index < -0.39 is 4.92 Å². The predicted molar refractivity (Wildman–Crippen MR) is 75.3 cm³/mol. The number of hydrogen-bond acceptors (Lipinski definition) is 7. The molecule has 0 amide bonds. The Hall–Kier alpha value is -2.00. The Labute approximate surface area is 126 Å². The molecule has 0 fully saturated rings. The molecule has 1 aromatic heterocycles. The zero-order valence-corrected chi connectivity index (χ0v) is 12.3.